The number of hydrogen-bond donors (Lipinski definition) is 3. The van der Waals surface area contributed by atoms with Gasteiger partial charge in [0.15, 0.2) is 0 Å². The number of rotatable bonds is 2. The van der Waals surface area contributed by atoms with Crippen molar-refractivity contribution in [2.45, 2.75) is 77.0 Å². The zero-order valence-electron chi connectivity index (χ0n) is 19.1. The van der Waals surface area contributed by atoms with Gasteiger partial charge in [-0.25, -0.2) is 4.79 Å². The van der Waals surface area contributed by atoms with E-state index in [1.807, 2.05) is 13.8 Å². The summed E-state index contributed by atoms with van der Waals surface area (Å²) in [5, 5.41) is 34.7. The van der Waals surface area contributed by atoms with Gasteiger partial charge in [-0.05, 0) is 24.2 Å². The molecule has 9 nitrogen and oxygen atoms in total. The lowest BCUT2D eigenvalue weighted by molar-refractivity contribution is -0.315. The van der Waals surface area contributed by atoms with Crippen LogP contribution in [-0.4, -0.2) is 63.9 Å². The van der Waals surface area contributed by atoms with Crippen molar-refractivity contribution in [3.8, 4) is 0 Å². The number of fused-ring (bicyclic) bond motifs is 4. The highest BCUT2D eigenvalue weighted by molar-refractivity contribution is 5.90. The zero-order valence-corrected chi connectivity index (χ0v) is 19.1. The Balaban J connectivity index is 1.95. The summed E-state index contributed by atoms with van der Waals surface area (Å²) < 4.78 is 15.9. The lowest BCUT2D eigenvalue weighted by Crippen LogP contribution is -2.75. The van der Waals surface area contributed by atoms with Gasteiger partial charge in [0, 0.05) is 42.7 Å². The molecule has 0 aromatic rings. The summed E-state index contributed by atoms with van der Waals surface area (Å²) in [5.41, 5.74) is -3.26. The average Bonchev–Trinajstić information content (AvgIpc) is 2.99. The van der Waals surface area contributed by atoms with Crippen LogP contribution < -0.4 is 0 Å². The molecule has 0 saturated heterocycles. The largest absolute Gasteiger partial charge is 0.469 e. The monoisotopic (exact) mass is 452 g/mol. The first-order valence-electron chi connectivity index (χ1n) is 11.0. The minimum absolute atomic E-state index is 0.00229. The summed E-state index contributed by atoms with van der Waals surface area (Å²) in [6, 6.07) is 0. The molecule has 0 spiro atoms. The van der Waals surface area contributed by atoms with Gasteiger partial charge < -0.3 is 29.5 Å². The summed E-state index contributed by atoms with van der Waals surface area (Å²) in [6.07, 6.45) is 0.0509. The third-order valence-electron chi connectivity index (χ3n) is 8.89. The van der Waals surface area contributed by atoms with E-state index in [0.29, 0.717) is 12.8 Å². The van der Waals surface area contributed by atoms with Crippen molar-refractivity contribution < 1.29 is 43.9 Å². The van der Waals surface area contributed by atoms with Crippen LogP contribution in [0.4, 0.5) is 0 Å². The van der Waals surface area contributed by atoms with Crippen LogP contribution in [0.5, 0.6) is 0 Å². The molecule has 0 radical (unpaired) electrons. The molecule has 4 aliphatic rings. The second-order valence-corrected chi connectivity index (χ2v) is 10.6. The van der Waals surface area contributed by atoms with Crippen molar-refractivity contribution in [3.05, 3.63) is 11.6 Å². The highest BCUT2D eigenvalue weighted by Gasteiger charge is 2.74. The first-order valence-corrected chi connectivity index (χ1v) is 11.0. The topological polar surface area (TPSA) is 140 Å². The molecule has 8 unspecified atom stereocenters. The summed E-state index contributed by atoms with van der Waals surface area (Å²) in [4.78, 5) is 37.2. The molecule has 4 rings (SSSR count). The van der Waals surface area contributed by atoms with Crippen LogP contribution in [0, 0.1) is 28.6 Å². The number of ether oxygens (including phenoxy) is 3. The van der Waals surface area contributed by atoms with Crippen molar-refractivity contribution in [1.82, 2.24) is 0 Å². The lowest BCUT2D eigenvalue weighted by Gasteiger charge is -2.69. The van der Waals surface area contributed by atoms with Gasteiger partial charge in [-0.3, -0.25) is 9.59 Å². The van der Waals surface area contributed by atoms with Crippen LogP contribution in [0.1, 0.15) is 53.4 Å². The smallest absolute Gasteiger partial charge is 0.333 e. The molecule has 0 amide bonds. The van der Waals surface area contributed by atoms with Crippen molar-refractivity contribution in [1.29, 1.82) is 0 Å². The second-order valence-electron chi connectivity index (χ2n) is 10.6. The van der Waals surface area contributed by atoms with Crippen LogP contribution in [0.3, 0.4) is 0 Å². The molecule has 3 aliphatic carbocycles. The Morgan fingerprint density at radius 1 is 1.19 bits per heavy atom. The van der Waals surface area contributed by atoms with Crippen LogP contribution in [-0.2, 0) is 28.6 Å². The molecule has 3 N–H and O–H groups in total. The average molecular weight is 453 g/mol. The van der Waals surface area contributed by atoms with Gasteiger partial charge in [0.05, 0.1) is 24.7 Å². The predicted octanol–water partition coefficient (Wildman–Crippen LogP) is 0.837. The molecular formula is C23H32O9. The highest BCUT2D eigenvalue weighted by Crippen LogP contribution is 2.68. The number of hydrogen-bond acceptors (Lipinski definition) is 9. The number of aliphatic hydroxyl groups is 3. The molecule has 1 aliphatic heterocycles. The van der Waals surface area contributed by atoms with E-state index >= 15 is 0 Å². The first-order chi connectivity index (χ1) is 14.7. The van der Waals surface area contributed by atoms with Crippen molar-refractivity contribution in [2.24, 2.45) is 28.6 Å². The van der Waals surface area contributed by atoms with Crippen LogP contribution in [0.25, 0.3) is 0 Å². The Morgan fingerprint density at radius 2 is 1.84 bits per heavy atom. The standard InChI is InChI=1S/C23H32O9/c1-11(24)31-14-10-23(29)20(2,3)7-6-15(25)21(23,4)13-9-22(28)12(8-16(26)32-22)18(17(13)14)19(27)30-5/h8,13-15,17-18,25,28-29H,6-7,9-10H2,1-5H3. The predicted molar refractivity (Wildman–Crippen MR) is 108 cm³/mol. The summed E-state index contributed by atoms with van der Waals surface area (Å²) in [5.74, 6) is -6.74. The number of esters is 3. The maximum Gasteiger partial charge on any atom is 0.333 e. The molecule has 178 valence electrons. The van der Waals surface area contributed by atoms with Crippen LogP contribution >= 0.6 is 0 Å². The van der Waals surface area contributed by atoms with E-state index in [2.05, 4.69) is 0 Å². The van der Waals surface area contributed by atoms with Gasteiger partial charge in [-0.1, -0.05) is 20.8 Å². The quantitative estimate of drug-likeness (QED) is 0.411. The molecule has 3 saturated carbocycles. The molecule has 8 atom stereocenters. The normalized spacial score (nSPS) is 46.7. The lowest BCUT2D eigenvalue weighted by atomic mass is 9.39. The van der Waals surface area contributed by atoms with E-state index in [1.165, 1.54) is 14.0 Å². The van der Waals surface area contributed by atoms with Crippen LogP contribution in [0.2, 0.25) is 0 Å². The van der Waals surface area contributed by atoms with Crippen molar-refractivity contribution >= 4 is 17.9 Å². The zero-order chi connectivity index (χ0) is 23.9. The minimum Gasteiger partial charge on any atom is -0.469 e. The van der Waals surface area contributed by atoms with Gasteiger partial charge in [0.2, 0.25) is 5.79 Å². The maximum atomic E-state index is 13.0. The summed E-state index contributed by atoms with van der Waals surface area (Å²) >= 11 is 0. The Morgan fingerprint density at radius 3 is 2.44 bits per heavy atom. The number of methoxy groups -OCH3 is 1. The second kappa shape index (κ2) is 7.01. The fourth-order valence-corrected chi connectivity index (χ4v) is 7.18. The molecule has 0 aromatic heterocycles. The molecule has 0 aromatic carbocycles. The van der Waals surface area contributed by atoms with Gasteiger partial charge in [0.1, 0.15) is 6.10 Å². The molecule has 3 fully saturated rings. The van der Waals surface area contributed by atoms with Gasteiger partial charge in [-0.2, -0.15) is 0 Å². The third-order valence-corrected chi connectivity index (χ3v) is 8.89. The minimum atomic E-state index is -2.07. The number of carbonyl (C=O) groups excluding carboxylic acids is 3. The number of carbonyl (C=O) groups is 3. The Kier molecular flexibility index (Phi) is 5.08. The fraction of sp³-hybridized carbons (Fsp3) is 0.783. The SMILES string of the molecule is COC(=O)C1C2=CC(=O)OC2(O)CC2C1C(OC(C)=O)CC1(O)C(C)(C)CCC(O)C21C. The van der Waals surface area contributed by atoms with Gasteiger partial charge >= 0.3 is 17.9 Å². The third kappa shape index (κ3) is 2.83. The molecule has 0 bridgehead atoms. The van der Waals surface area contributed by atoms with Crippen molar-refractivity contribution in [2.75, 3.05) is 7.11 Å². The molecule has 32 heavy (non-hydrogen) atoms. The maximum absolute atomic E-state index is 13.0. The Bertz CT molecular complexity index is 894. The summed E-state index contributed by atoms with van der Waals surface area (Å²) in [7, 11) is 1.20. The van der Waals surface area contributed by atoms with E-state index < -0.39 is 70.1 Å². The molecule has 1 heterocycles. The van der Waals surface area contributed by atoms with Crippen molar-refractivity contribution in [3.63, 3.8) is 0 Å². The Hall–Kier alpha value is -1.97. The van der Waals surface area contributed by atoms with E-state index in [4.69, 9.17) is 14.2 Å². The first kappa shape index (κ1) is 23.2. The van der Waals surface area contributed by atoms with Gasteiger partial charge in [0.25, 0.3) is 0 Å². The fourth-order valence-electron chi connectivity index (χ4n) is 7.18. The number of aliphatic hydroxyl groups excluding tert-OH is 1. The van der Waals surface area contributed by atoms with E-state index in [9.17, 15) is 29.7 Å². The summed E-state index contributed by atoms with van der Waals surface area (Å²) in [6.45, 7) is 6.81. The molecular weight excluding hydrogens is 420 g/mol. The Labute approximate surface area is 186 Å². The highest BCUT2D eigenvalue weighted by atomic mass is 16.7. The van der Waals surface area contributed by atoms with E-state index in [0.717, 1.165) is 6.08 Å². The van der Waals surface area contributed by atoms with Gasteiger partial charge in [-0.15, -0.1) is 0 Å². The molecule has 9 heteroatoms. The van der Waals surface area contributed by atoms with Crippen LogP contribution in [0.15, 0.2) is 11.6 Å². The van der Waals surface area contributed by atoms with E-state index in [-0.39, 0.29) is 18.4 Å². The van der Waals surface area contributed by atoms with E-state index in [1.54, 1.807) is 6.92 Å².